The molecule has 3 heterocycles. The van der Waals surface area contributed by atoms with Gasteiger partial charge in [0.1, 0.15) is 0 Å². The van der Waals surface area contributed by atoms with Crippen molar-refractivity contribution >= 4 is 0 Å². The van der Waals surface area contributed by atoms with E-state index in [4.69, 9.17) is 0 Å². The summed E-state index contributed by atoms with van der Waals surface area (Å²) in [5, 5.41) is 22.2. The van der Waals surface area contributed by atoms with Gasteiger partial charge < -0.3 is 31.9 Å². The quantitative estimate of drug-likeness (QED) is 0.290. The van der Waals surface area contributed by atoms with Gasteiger partial charge in [0.25, 0.3) is 0 Å². The van der Waals surface area contributed by atoms with Gasteiger partial charge in [-0.05, 0) is 112 Å². The topological polar surface area (TPSA) is 72.2 Å². The highest BCUT2D eigenvalue weighted by Crippen LogP contribution is 2.28. The van der Waals surface area contributed by atoms with Crippen LogP contribution in [0.3, 0.4) is 0 Å². The Morgan fingerprint density at radius 2 is 0.848 bits per heavy atom. The van der Waals surface area contributed by atoms with E-state index >= 15 is 0 Å². The molecule has 0 spiro atoms. The van der Waals surface area contributed by atoms with E-state index in [1.54, 1.807) is 0 Å². The van der Waals surface area contributed by atoms with Gasteiger partial charge in [-0.15, -0.1) is 0 Å². The van der Waals surface area contributed by atoms with Crippen LogP contribution < -0.4 is 31.9 Å². The van der Waals surface area contributed by atoms with E-state index in [1.165, 1.54) is 91.5 Å². The van der Waals surface area contributed by atoms with Crippen molar-refractivity contribution in [3.05, 3.63) is 33.4 Å². The van der Waals surface area contributed by atoms with Crippen molar-refractivity contribution in [3.8, 4) is 0 Å². The largest absolute Gasteiger partial charge is 0.313 e. The molecular weight excluding hydrogens is 408 g/mol. The highest BCUT2D eigenvalue weighted by molar-refractivity contribution is 5.50. The Labute approximate surface area is 201 Å². The molecule has 6 N–H and O–H groups in total. The van der Waals surface area contributed by atoms with Gasteiger partial charge in [0, 0.05) is 57.4 Å². The predicted molar refractivity (Wildman–Crippen MR) is 139 cm³/mol. The lowest BCUT2D eigenvalue weighted by Gasteiger charge is -2.24. The summed E-state index contributed by atoms with van der Waals surface area (Å²) in [6, 6.07) is 1.91. The number of benzene rings is 1. The molecule has 3 fully saturated rings. The van der Waals surface area contributed by atoms with Gasteiger partial charge in [0.2, 0.25) is 0 Å². The third-order valence-corrected chi connectivity index (χ3v) is 8.28. The van der Waals surface area contributed by atoms with Crippen molar-refractivity contribution in [2.24, 2.45) is 0 Å². The molecule has 0 unspecified atom stereocenters. The Kier molecular flexibility index (Phi) is 9.59. The molecular formula is C27H48N6. The molecule has 6 heteroatoms. The molecule has 3 saturated heterocycles. The second-order valence-electron chi connectivity index (χ2n) is 10.6. The van der Waals surface area contributed by atoms with Crippen LogP contribution in [0.4, 0.5) is 0 Å². The molecule has 0 aromatic heterocycles. The lowest BCUT2D eigenvalue weighted by Crippen LogP contribution is -2.35. The van der Waals surface area contributed by atoms with Crippen LogP contribution in [-0.2, 0) is 19.6 Å². The summed E-state index contributed by atoms with van der Waals surface area (Å²) in [7, 11) is 0. The van der Waals surface area contributed by atoms with Crippen molar-refractivity contribution in [2.45, 2.75) is 97.1 Å². The van der Waals surface area contributed by atoms with Gasteiger partial charge in [-0.3, -0.25) is 0 Å². The van der Waals surface area contributed by atoms with Crippen LogP contribution in [0.15, 0.2) is 0 Å². The molecule has 33 heavy (non-hydrogen) atoms. The maximum atomic E-state index is 3.78. The van der Waals surface area contributed by atoms with Crippen LogP contribution in [-0.4, -0.2) is 57.4 Å². The van der Waals surface area contributed by atoms with Crippen molar-refractivity contribution in [1.29, 1.82) is 0 Å². The van der Waals surface area contributed by atoms with E-state index in [2.05, 4.69) is 52.7 Å². The number of hydrogen-bond donors (Lipinski definition) is 6. The molecule has 3 aliphatic rings. The first-order valence-corrected chi connectivity index (χ1v) is 13.6. The van der Waals surface area contributed by atoms with E-state index in [0.29, 0.717) is 18.1 Å². The summed E-state index contributed by atoms with van der Waals surface area (Å²) in [6.07, 6.45) is 7.83. The van der Waals surface area contributed by atoms with E-state index in [-0.39, 0.29) is 0 Å². The summed E-state index contributed by atoms with van der Waals surface area (Å²) in [5.41, 5.74) is 8.94. The van der Waals surface area contributed by atoms with E-state index in [1.807, 2.05) is 0 Å². The first kappa shape index (κ1) is 25.1. The fraction of sp³-hybridized carbons (Fsp3) is 0.778. The Morgan fingerprint density at radius 3 is 1.09 bits per heavy atom. The number of hydrogen-bond acceptors (Lipinski definition) is 6. The molecule has 0 radical (unpaired) electrons. The summed E-state index contributed by atoms with van der Waals surface area (Å²) in [5.74, 6) is 0. The molecule has 186 valence electrons. The van der Waals surface area contributed by atoms with Gasteiger partial charge in [-0.1, -0.05) is 0 Å². The standard InChI is InChI=1S/C27H48N6/c1-19-25(16-28-13-22-7-4-10-31-22)20(2)27(18-30-15-24-9-6-12-33-24)21(3)26(19)17-29-14-23-8-5-11-32-23/h22-24,28-33H,4-18H2,1-3H3/t22-,23-,24-/m0/s1. The molecule has 0 amide bonds. The van der Waals surface area contributed by atoms with Crippen LogP contribution in [0.25, 0.3) is 0 Å². The summed E-state index contributed by atoms with van der Waals surface area (Å²) < 4.78 is 0. The predicted octanol–water partition coefficient (Wildman–Crippen LogP) is 2.14. The molecule has 3 atom stereocenters. The van der Waals surface area contributed by atoms with Gasteiger partial charge in [-0.2, -0.15) is 0 Å². The summed E-state index contributed by atoms with van der Waals surface area (Å²) in [4.78, 5) is 0. The zero-order chi connectivity index (χ0) is 23.0. The molecule has 3 aliphatic heterocycles. The monoisotopic (exact) mass is 456 g/mol. The van der Waals surface area contributed by atoms with Crippen molar-refractivity contribution in [2.75, 3.05) is 39.3 Å². The normalized spacial score (nSPS) is 25.4. The van der Waals surface area contributed by atoms with Crippen LogP contribution in [0.1, 0.15) is 71.9 Å². The zero-order valence-electron chi connectivity index (χ0n) is 21.3. The Morgan fingerprint density at radius 1 is 0.545 bits per heavy atom. The minimum Gasteiger partial charge on any atom is -0.313 e. The third-order valence-electron chi connectivity index (χ3n) is 8.28. The van der Waals surface area contributed by atoms with Crippen LogP contribution in [0, 0.1) is 20.8 Å². The van der Waals surface area contributed by atoms with Gasteiger partial charge >= 0.3 is 0 Å². The van der Waals surface area contributed by atoms with Gasteiger partial charge in [0.15, 0.2) is 0 Å². The first-order chi connectivity index (χ1) is 16.1. The first-order valence-electron chi connectivity index (χ1n) is 13.6. The highest BCUT2D eigenvalue weighted by atomic mass is 15.0. The summed E-state index contributed by atoms with van der Waals surface area (Å²) in [6.45, 7) is 16.6. The lowest BCUT2D eigenvalue weighted by atomic mass is 9.87. The minimum absolute atomic E-state index is 0.635. The molecule has 0 saturated carbocycles. The average molecular weight is 457 g/mol. The van der Waals surface area contributed by atoms with Crippen molar-refractivity contribution in [3.63, 3.8) is 0 Å². The molecule has 4 rings (SSSR count). The molecule has 6 nitrogen and oxygen atoms in total. The summed E-state index contributed by atoms with van der Waals surface area (Å²) >= 11 is 0. The Balaban J connectivity index is 1.45. The van der Waals surface area contributed by atoms with E-state index in [0.717, 1.165) is 39.3 Å². The maximum absolute atomic E-state index is 3.78. The average Bonchev–Trinajstić information content (AvgIpc) is 3.59. The van der Waals surface area contributed by atoms with Crippen molar-refractivity contribution < 1.29 is 0 Å². The van der Waals surface area contributed by atoms with Crippen LogP contribution in [0.5, 0.6) is 0 Å². The number of rotatable bonds is 12. The minimum atomic E-state index is 0.635. The van der Waals surface area contributed by atoms with Gasteiger partial charge in [0.05, 0.1) is 0 Å². The smallest absolute Gasteiger partial charge is 0.0211 e. The van der Waals surface area contributed by atoms with Crippen LogP contribution in [0.2, 0.25) is 0 Å². The molecule has 0 bridgehead atoms. The second kappa shape index (κ2) is 12.6. The third kappa shape index (κ3) is 6.77. The van der Waals surface area contributed by atoms with Crippen LogP contribution >= 0.6 is 0 Å². The molecule has 1 aromatic rings. The fourth-order valence-corrected chi connectivity index (χ4v) is 6.09. The lowest BCUT2D eigenvalue weighted by molar-refractivity contribution is 0.525. The fourth-order valence-electron chi connectivity index (χ4n) is 6.09. The Hall–Kier alpha value is -1.02. The second-order valence-corrected chi connectivity index (χ2v) is 10.6. The van der Waals surface area contributed by atoms with Crippen molar-refractivity contribution in [1.82, 2.24) is 31.9 Å². The highest BCUT2D eigenvalue weighted by Gasteiger charge is 2.20. The van der Waals surface area contributed by atoms with E-state index in [9.17, 15) is 0 Å². The van der Waals surface area contributed by atoms with Gasteiger partial charge in [-0.25, -0.2) is 0 Å². The SMILES string of the molecule is Cc1c(CNC[C@@H]2CCCN2)c(C)c(CNC[C@@H]2CCCN2)c(C)c1CNC[C@@H]1CCCN1. The number of nitrogens with one attached hydrogen (secondary N) is 6. The van der Waals surface area contributed by atoms with E-state index < -0.39 is 0 Å². The molecule has 0 aliphatic carbocycles. The molecule has 1 aromatic carbocycles. The maximum Gasteiger partial charge on any atom is 0.0211 e. The zero-order valence-corrected chi connectivity index (χ0v) is 21.3. The Bertz CT molecular complexity index is 624.